The van der Waals surface area contributed by atoms with Crippen LogP contribution in [0.1, 0.15) is 5.56 Å². The van der Waals surface area contributed by atoms with Gasteiger partial charge >= 0.3 is 6.36 Å². The maximum absolute atomic E-state index is 12.1. The van der Waals surface area contributed by atoms with E-state index in [-0.39, 0.29) is 23.1 Å². The molecule has 0 saturated carbocycles. The van der Waals surface area contributed by atoms with Gasteiger partial charge in [-0.25, -0.2) is 18.5 Å². The molecule has 0 atom stereocenters. The van der Waals surface area contributed by atoms with Crippen molar-refractivity contribution in [1.29, 1.82) is 0 Å². The maximum Gasteiger partial charge on any atom is 0.573 e. The number of aliphatic imine (C=N–C) groups is 1. The molecule has 0 spiro atoms. The largest absolute Gasteiger partial charge is 0.573 e. The molecule has 2 aromatic rings. The van der Waals surface area contributed by atoms with Gasteiger partial charge in [-0.3, -0.25) is 0 Å². The standard InChI is InChI=1S/C15H15F3N4O3S/c16-15(17,18)25-12-5-3-11(4-6-12)22-14(19)21-9-10-1-7-13(8-2-10)26(20,23)24/h1-8H,9H2,(H3,19,21,22)(H2,20,23,24). The highest BCUT2D eigenvalue weighted by Gasteiger charge is 2.30. The van der Waals surface area contributed by atoms with Gasteiger partial charge in [-0.05, 0) is 42.0 Å². The van der Waals surface area contributed by atoms with E-state index in [1.165, 1.54) is 24.3 Å². The van der Waals surface area contributed by atoms with Crippen LogP contribution < -0.4 is 20.9 Å². The number of rotatable bonds is 5. The number of anilines is 1. The number of nitrogens with one attached hydrogen (secondary N) is 1. The average Bonchev–Trinajstić information content (AvgIpc) is 2.53. The second kappa shape index (κ2) is 7.62. The Labute approximate surface area is 147 Å². The van der Waals surface area contributed by atoms with Gasteiger partial charge in [-0.2, -0.15) is 0 Å². The molecule has 0 aliphatic heterocycles. The fourth-order valence-corrected chi connectivity index (χ4v) is 2.40. The summed E-state index contributed by atoms with van der Waals surface area (Å²) in [6, 6.07) is 10.8. The van der Waals surface area contributed by atoms with Gasteiger partial charge in [-0.15, -0.1) is 13.2 Å². The van der Waals surface area contributed by atoms with Gasteiger partial charge in [0, 0.05) is 5.69 Å². The predicted molar refractivity (Wildman–Crippen MR) is 89.9 cm³/mol. The molecule has 0 bridgehead atoms. The van der Waals surface area contributed by atoms with Gasteiger partial charge in [0.2, 0.25) is 10.0 Å². The molecule has 0 aliphatic rings. The summed E-state index contributed by atoms with van der Waals surface area (Å²) in [4.78, 5) is 4.04. The Bertz CT molecular complexity index is 880. The summed E-state index contributed by atoms with van der Waals surface area (Å²) in [5.74, 6) is -0.321. The third-order valence-electron chi connectivity index (χ3n) is 3.04. The van der Waals surface area contributed by atoms with Gasteiger partial charge in [0.05, 0.1) is 11.4 Å². The van der Waals surface area contributed by atoms with Crippen molar-refractivity contribution in [3.63, 3.8) is 0 Å². The molecular weight excluding hydrogens is 373 g/mol. The van der Waals surface area contributed by atoms with E-state index >= 15 is 0 Å². The zero-order valence-electron chi connectivity index (χ0n) is 13.2. The van der Waals surface area contributed by atoms with Crippen LogP contribution in [0.25, 0.3) is 0 Å². The van der Waals surface area contributed by atoms with Crippen molar-refractivity contribution in [2.75, 3.05) is 5.32 Å². The van der Waals surface area contributed by atoms with Gasteiger partial charge in [0.1, 0.15) is 5.75 Å². The summed E-state index contributed by atoms with van der Waals surface area (Å²) in [6.45, 7) is 0.166. The fraction of sp³-hybridized carbons (Fsp3) is 0.133. The van der Waals surface area contributed by atoms with Crippen molar-refractivity contribution in [2.24, 2.45) is 15.9 Å². The molecule has 0 unspecified atom stereocenters. The third-order valence-corrected chi connectivity index (χ3v) is 3.97. The lowest BCUT2D eigenvalue weighted by Crippen LogP contribution is -2.22. The van der Waals surface area contributed by atoms with Crippen LogP contribution in [0.2, 0.25) is 0 Å². The Hall–Kier alpha value is -2.79. The lowest BCUT2D eigenvalue weighted by molar-refractivity contribution is -0.274. The van der Waals surface area contributed by atoms with E-state index in [0.717, 1.165) is 12.1 Å². The molecule has 0 saturated heterocycles. The summed E-state index contributed by atoms with van der Waals surface area (Å²) in [7, 11) is -3.76. The highest BCUT2D eigenvalue weighted by atomic mass is 32.2. The summed E-state index contributed by atoms with van der Waals surface area (Å²) in [5.41, 5.74) is 6.82. The summed E-state index contributed by atoms with van der Waals surface area (Å²) in [5, 5.41) is 7.72. The Morgan fingerprint density at radius 1 is 1.08 bits per heavy atom. The fourth-order valence-electron chi connectivity index (χ4n) is 1.89. The number of sulfonamides is 1. The van der Waals surface area contributed by atoms with Crippen LogP contribution in [0.15, 0.2) is 58.4 Å². The van der Waals surface area contributed by atoms with Crippen LogP contribution in [0.5, 0.6) is 5.75 Å². The van der Waals surface area contributed by atoms with Crippen LogP contribution in [-0.4, -0.2) is 20.7 Å². The van der Waals surface area contributed by atoms with Crippen LogP contribution >= 0.6 is 0 Å². The van der Waals surface area contributed by atoms with Crippen molar-refractivity contribution >= 4 is 21.7 Å². The number of nitrogens with zero attached hydrogens (tertiary/aromatic N) is 1. The maximum atomic E-state index is 12.1. The Balaban J connectivity index is 1.96. The zero-order valence-corrected chi connectivity index (χ0v) is 14.0. The number of halogens is 3. The predicted octanol–water partition coefficient (Wildman–Crippen LogP) is 2.16. The number of ether oxygens (including phenoxy) is 1. The Morgan fingerprint density at radius 3 is 2.15 bits per heavy atom. The van der Waals surface area contributed by atoms with E-state index in [4.69, 9.17) is 10.9 Å². The second-order valence-electron chi connectivity index (χ2n) is 5.09. The van der Waals surface area contributed by atoms with Crippen molar-refractivity contribution in [2.45, 2.75) is 17.8 Å². The monoisotopic (exact) mass is 388 g/mol. The van der Waals surface area contributed by atoms with Crippen molar-refractivity contribution < 1.29 is 26.3 Å². The van der Waals surface area contributed by atoms with Crippen molar-refractivity contribution in [3.8, 4) is 5.75 Å². The number of primary sulfonamides is 1. The number of guanidine groups is 1. The summed E-state index contributed by atoms with van der Waals surface area (Å²) < 4.78 is 62.3. The number of nitrogens with two attached hydrogens (primary N) is 2. The molecule has 26 heavy (non-hydrogen) atoms. The minimum Gasteiger partial charge on any atom is -0.406 e. The molecule has 2 rings (SSSR count). The topological polar surface area (TPSA) is 120 Å². The van der Waals surface area contributed by atoms with Gasteiger partial charge in [-0.1, -0.05) is 12.1 Å². The Morgan fingerprint density at radius 2 is 1.65 bits per heavy atom. The molecule has 0 heterocycles. The molecule has 5 N–H and O–H groups in total. The lowest BCUT2D eigenvalue weighted by atomic mass is 10.2. The first-order valence-corrected chi connectivity index (χ1v) is 8.62. The van der Waals surface area contributed by atoms with Gasteiger partial charge < -0.3 is 15.8 Å². The first-order chi connectivity index (χ1) is 12.0. The highest BCUT2D eigenvalue weighted by molar-refractivity contribution is 7.89. The number of hydrogen-bond donors (Lipinski definition) is 3. The van der Waals surface area contributed by atoms with Gasteiger partial charge in [0.25, 0.3) is 0 Å². The molecule has 140 valence electrons. The van der Waals surface area contributed by atoms with Crippen LogP contribution in [0, 0.1) is 0 Å². The van der Waals surface area contributed by atoms with Crippen molar-refractivity contribution in [1.82, 2.24) is 0 Å². The SMILES string of the molecule is NC(=NCc1ccc(S(N)(=O)=O)cc1)Nc1ccc(OC(F)(F)F)cc1. The van der Waals surface area contributed by atoms with E-state index in [1.54, 1.807) is 12.1 Å². The molecule has 0 aliphatic carbocycles. The minimum absolute atomic E-state index is 0.0162. The van der Waals surface area contributed by atoms with Crippen LogP contribution in [0.3, 0.4) is 0 Å². The molecule has 7 nitrogen and oxygen atoms in total. The molecular formula is C15H15F3N4O3S. The van der Waals surface area contributed by atoms with E-state index in [9.17, 15) is 21.6 Å². The van der Waals surface area contributed by atoms with Crippen LogP contribution in [0.4, 0.5) is 18.9 Å². The summed E-state index contributed by atoms with van der Waals surface area (Å²) in [6.07, 6.45) is -4.76. The van der Waals surface area contributed by atoms with E-state index in [0.29, 0.717) is 11.3 Å². The number of alkyl halides is 3. The number of hydrogen-bond acceptors (Lipinski definition) is 4. The molecule has 0 amide bonds. The molecule has 2 aromatic carbocycles. The molecule has 0 aromatic heterocycles. The molecule has 0 fully saturated rings. The van der Waals surface area contributed by atoms with E-state index in [2.05, 4.69) is 15.0 Å². The van der Waals surface area contributed by atoms with E-state index < -0.39 is 16.4 Å². The van der Waals surface area contributed by atoms with Gasteiger partial charge in [0.15, 0.2) is 5.96 Å². The lowest BCUT2D eigenvalue weighted by Gasteiger charge is -2.10. The normalized spacial score (nSPS) is 12.7. The zero-order chi connectivity index (χ0) is 19.4. The van der Waals surface area contributed by atoms with Crippen molar-refractivity contribution in [3.05, 3.63) is 54.1 Å². The molecule has 11 heteroatoms. The quantitative estimate of drug-likeness (QED) is 0.536. The Kier molecular flexibility index (Phi) is 5.73. The smallest absolute Gasteiger partial charge is 0.406 e. The van der Waals surface area contributed by atoms with E-state index in [1.807, 2.05) is 0 Å². The first kappa shape index (κ1) is 19.5. The van der Waals surface area contributed by atoms with Crippen LogP contribution in [-0.2, 0) is 16.6 Å². The second-order valence-corrected chi connectivity index (χ2v) is 6.65. The molecule has 0 radical (unpaired) electrons. The highest BCUT2D eigenvalue weighted by Crippen LogP contribution is 2.23. The third kappa shape index (κ3) is 6.26. The minimum atomic E-state index is -4.76. The summed E-state index contributed by atoms with van der Waals surface area (Å²) >= 11 is 0. The first-order valence-electron chi connectivity index (χ1n) is 7.07. The average molecular weight is 388 g/mol. The number of benzene rings is 2.